The highest BCUT2D eigenvalue weighted by Crippen LogP contribution is 2.28. The smallest absolute Gasteiger partial charge is 0.264 e. The first-order valence-electron chi connectivity index (χ1n) is 14.7. The van der Waals surface area contributed by atoms with Crippen LogP contribution in [0, 0.1) is 6.92 Å². The van der Waals surface area contributed by atoms with Crippen molar-refractivity contribution < 1.29 is 18.0 Å². The van der Waals surface area contributed by atoms with E-state index in [4.69, 9.17) is 11.6 Å². The molecule has 0 heterocycles. The van der Waals surface area contributed by atoms with Crippen molar-refractivity contribution in [2.75, 3.05) is 10.8 Å². The average Bonchev–Trinajstić information content (AvgIpc) is 3.03. The van der Waals surface area contributed by atoms with E-state index >= 15 is 0 Å². The van der Waals surface area contributed by atoms with Crippen molar-refractivity contribution in [1.29, 1.82) is 0 Å². The maximum Gasteiger partial charge on any atom is 0.264 e. The fourth-order valence-electron chi connectivity index (χ4n) is 4.87. The molecule has 2 atom stereocenters. The van der Waals surface area contributed by atoms with Crippen LogP contribution in [0.15, 0.2) is 112 Å². The van der Waals surface area contributed by atoms with Gasteiger partial charge in [-0.25, -0.2) is 8.42 Å². The number of para-hydroxylation sites is 1. The molecule has 0 aromatic heterocycles. The van der Waals surface area contributed by atoms with E-state index in [0.717, 1.165) is 19.9 Å². The number of carbonyl (C=O) groups excluding carboxylic acids is 2. The Balaban J connectivity index is 1.81. The molecular weight excluding hydrogens is 674 g/mol. The Labute approximate surface area is 279 Å². The molecule has 0 bridgehead atoms. The monoisotopic (exact) mass is 709 g/mol. The van der Waals surface area contributed by atoms with Crippen LogP contribution in [-0.2, 0) is 32.6 Å². The first-order chi connectivity index (χ1) is 21.5. The Morgan fingerprint density at radius 2 is 1.49 bits per heavy atom. The van der Waals surface area contributed by atoms with Crippen molar-refractivity contribution in [2.45, 2.75) is 57.1 Å². The highest BCUT2D eigenvalue weighted by atomic mass is 79.9. The van der Waals surface area contributed by atoms with Gasteiger partial charge in [0.15, 0.2) is 0 Å². The third-order valence-electron chi connectivity index (χ3n) is 7.60. The third-order valence-corrected chi connectivity index (χ3v) is 10.2. The molecule has 0 saturated heterocycles. The lowest BCUT2D eigenvalue weighted by Gasteiger charge is -2.34. The minimum atomic E-state index is -4.21. The number of amides is 2. The van der Waals surface area contributed by atoms with Crippen LogP contribution >= 0.6 is 27.5 Å². The first kappa shape index (κ1) is 34.2. The standard InChI is InChI=1S/C35H37BrClN3O4S/c1-4-26(3)38-35(42)33(22-27-11-6-5-7-12-27)39(23-28-14-16-29(36)17-15-28)34(41)24-40(32-13-9-8-10-25(32)2)45(43,44)31-20-18-30(37)19-21-31/h5-21,26,33H,4,22-24H2,1-3H3,(H,38,42)/t26-,33-/m0/s1. The number of anilines is 1. The Hall–Kier alpha value is -3.66. The fraction of sp³-hybridized carbons (Fsp3) is 0.257. The predicted octanol–water partition coefficient (Wildman–Crippen LogP) is 7.16. The summed E-state index contributed by atoms with van der Waals surface area (Å²) in [5.74, 6) is -0.819. The summed E-state index contributed by atoms with van der Waals surface area (Å²) in [7, 11) is -4.21. The maximum atomic E-state index is 14.5. The highest BCUT2D eigenvalue weighted by Gasteiger charge is 2.35. The van der Waals surface area contributed by atoms with Crippen molar-refractivity contribution in [1.82, 2.24) is 10.2 Å². The number of rotatable bonds is 13. The number of nitrogens with one attached hydrogen (secondary N) is 1. The van der Waals surface area contributed by atoms with Crippen molar-refractivity contribution in [3.05, 3.63) is 129 Å². The molecule has 2 amide bonds. The van der Waals surface area contributed by atoms with Gasteiger partial charge < -0.3 is 10.2 Å². The summed E-state index contributed by atoms with van der Waals surface area (Å²) in [6, 6.07) is 28.8. The lowest BCUT2D eigenvalue weighted by molar-refractivity contribution is -0.140. The van der Waals surface area contributed by atoms with Crippen molar-refractivity contribution in [3.63, 3.8) is 0 Å². The summed E-state index contributed by atoms with van der Waals surface area (Å²) in [4.78, 5) is 29.9. The van der Waals surface area contributed by atoms with Crippen LogP contribution in [0.4, 0.5) is 5.69 Å². The number of hydrogen-bond acceptors (Lipinski definition) is 4. The van der Waals surface area contributed by atoms with Crippen LogP contribution in [0.5, 0.6) is 0 Å². The summed E-state index contributed by atoms with van der Waals surface area (Å²) in [6.45, 7) is 5.26. The van der Waals surface area contributed by atoms with Gasteiger partial charge in [-0.15, -0.1) is 0 Å². The number of aryl methyl sites for hydroxylation is 1. The van der Waals surface area contributed by atoms with Crippen LogP contribution in [0.25, 0.3) is 0 Å². The highest BCUT2D eigenvalue weighted by molar-refractivity contribution is 9.10. The molecule has 4 aromatic carbocycles. The van der Waals surface area contributed by atoms with Crippen LogP contribution in [-0.4, -0.2) is 43.8 Å². The molecular formula is C35H37BrClN3O4S. The van der Waals surface area contributed by atoms with Crippen LogP contribution in [0.1, 0.15) is 37.0 Å². The molecule has 0 radical (unpaired) electrons. The SMILES string of the molecule is CC[C@H](C)NC(=O)[C@H](Cc1ccccc1)N(Cc1ccc(Br)cc1)C(=O)CN(c1ccccc1C)S(=O)(=O)c1ccc(Cl)cc1. The molecule has 0 aliphatic carbocycles. The van der Waals surface area contributed by atoms with E-state index < -0.39 is 28.5 Å². The zero-order valence-electron chi connectivity index (χ0n) is 25.5. The second-order valence-corrected chi connectivity index (χ2v) is 14.1. The van der Waals surface area contributed by atoms with Crippen molar-refractivity contribution >= 4 is 55.1 Å². The Morgan fingerprint density at radius 3 is 2.11 bits per heavy atom. The first-order valence-corrected chi connectivity index (χ1v) is 17.3. The number of benzene rings is 4. The van der Waals surface area contributed by atoms with Gasteiger partial charge in [-0.3, -0.25) is 13.9 Å². The van der Waals surface area contributed by atoms with Gasteiger partial charge in [-0.05, 0) is 79.4 Å². The van der Waals surface area contributed by atoms with E-state index in [9.17, 15) is 18.0 Å². The maximum absolute atomic E-state index is 14.5. The van der Waals surface area contributed by atoms with E-state index in [0.29, 0.717) is 22.7 Å². The molecule has 1 N–H and O–H groups in total. The number of hydrogen-bond donors (Lipinski definition) is 1. The minimum absolute atomic E-state index is 0.00207. The van der Waals surface area contributed by atoms with Crippen molar-refractivity contribution in [3.8, 4) is 0 Å². The molecule has 236 valence electrons. The topological polar surface area (TPSA) is 86.8 Å². The zero-order chi connectivity index (χ0) is 32.6. The Kier molecular flexibility index (Phi) is 11.8. The zero-order valence-corrected chi connectivity index (χ0v) is 28.6. The average molecular weight is 711 g/mol. The van der Waals surface area contributed by atoms with E-state index in [2.05, 4.69) is 21.2 Å². The van der Waals surface area contributed by atoms with E-state index in [1.54, 1.807) is 25.1 Å². The summed E-state index contributed by atoms with van der Waals surface area (Å²) in [6.07, 6.45) is 0.963. The largest absolute Gasteiger partial charge is 0.352 e. The normalized spacial score (nSPS) is 12.6. The van der Waals surface area contributed by atoms with Crippen LogP contribution < -0.4 is 9.62 Å². The fourth-order valence-corrected chi connectivity index (χ4v) is 6.74. The summed E-state index contributed by atoms with van der Waals surface area (Å²) in [5.41, 5.74) is 2.72. The van der Waals surface area contributed by atoms with Gasteiger partial charge in [0.2, 0.25) is 11.8 Å². The van der Waals surface area contributed by atoms with Gasteiger partial charge in [0.1, 0.15) is 12.6 Å². The van der Waals surface area contributed by atoms with Crippen LogP contribution in [0.2, 0.25) is 5.02 Å². The lowest BCUT2D eigenvalue weighted by atomic mass is 10.0. The van der Waals surface area contributed by atoms with E-state index in [-0.39, 0.29) is 29.8 Å². The van der Waals surface area contributed by atoms with Gasteiger partial charge in [-0.2, -0.15) is 0 Å². The molecule has 0 aliphatic heterocycles. The molecule has 0 aliphatic rings. The third kappa shape index (κ3) is 8.96. The summed E-state index contributed by atoms with van der Waals surface area (Å²) < 4.78 is 30.3. The van der Waals surface area contributed by atoms with Crippen molar-refractivity contribution in [2.24, 2.45) is 0 Å². The summed E-state index contributed by atoms with van der Waals surface area (Å²) >= 11 is 9.52. The molecule has 0 fully saturated rings. The number of carbonyl (C=O) groups is 2. The predicted molar refractivity (Wildman–Crippen MR) is 184 cm³/mol. The van der Waals surface area contributed by atoms with E-state index in [1.807, 2.05) is 74.5 Å². The number of sulfonamides is 1. The van der Waals surface area contributed by atoms with Gasteiger partial charge >= 0.3 is 0 Å². The summed E-state index contributed by atoms with van der Waals surface area (Å²) in [5, 5.41) is 3.44. The minimum Gasteiger partial charge on any atom is -0.352 e. The van der Waals surface area contributed by atoms with Gasteiger partial charge in [0.25, 0.3) is 10.0 Å². The molecule has 10 heteroatoms. The van der Waals surface area contributed by atoms with Gasteiger partial charge in [-0.1, -0.05) is 95.1 Å². The molecule has 4 rings (SSSR count). The second kappa shape index (κ2) is 15.6. The molecule has 0 unspecified atom stereocenters. The number of halogens is 2. The molecule has 0 saturated carbocycles. The molecule has 0 spiro atoms. The number of nitrogens with zero attached hydrogens (tertiary/aromatic N) is 2. The Morgan fingerprint density at radius 1 is 0.867 bits per heavy atom. The van der Waals surface area contributed by atoms with Gasteiger partial charge in [0.05, 0.1) is 10.6 Å². The van der Waals surface area contributed by atoms with Crippen LogP contribution in [0.3, 0.4) is 0 Å². The second-order valence-electron chi connectivity index (χ2n) is 10.9. The van der Waals surface area contributed by atoms with Gasteiger partial charge in [0, 0.05) is 28.5 Å². The quantitative estimate of drug-likeness (QED) is 0.160. The lowest BCUT2D eigenvalue weighted by Crippen LogP contribution is -2.54. The Bertz CT molecular complexity index is 1700. The molecule has 7 nitrogen and oxygen atoms in total. The molecule has 45 heavy (non-hydrogen) atoms. The molecule has 4 aromatic rings. The van der Waals surface area contributed by atoms with E-state index in [1.165, 1.54) is 29.2 Å².